The number of esters is 1. The Labute approximate surface area is 241 Å². The number of fused-ring (bicyclic) bond motifs is 4. The zero-order chi connectivity index (χ0) is 29.5. The second-order valence-corrected chi connectivity index (χ2v) is 11.2. The maximum atomic E-state index is 13.2. The number of carbonyl (C=O) groups excluding carboxylic acids is 4. The lowest BCUT2D eigenvalue weighted by Crippen LogP contribution is -2.61. The van der Waals surface area contributed by atoms with Gasteiger partial charge < -0.3 is 15.4 Å². The molecule has 5 bridgehead atoms. The van der Waals surface area contributed by atoms with Crippen molar-refractivity contribution in [2.75, 3.05) is 6.54 Å². The molecule has 2 aliphatic rings. The SMILES string of the molecule is CC(C)[C@@H]1NC(=O)CCCC/C=C/c2ccc3ccc(nc3c2)[C@@H](C)OC(=O)[C@@H]2CCCN(N2)C(=O)[C@H](C)NC1=O. The molecule has 0 unspecified atom stereocenters. The molecule has 0 aliphatic carbocycles. The van der Waals surface area contributed by atoms with E-state index in [9.17, 15) is 19.2 Å². The van der Waals surface area contributed by atoms with Crippen LogP contribution in [-0.2, 0) is 23.9 Å². The van der Waals surface area contributed by atoms with Crippen LogP contribution >= 0.6 is 0 Å². The van der Waals surface area contributed by atoms with Gasteiger partial charge in [0.25, 0.3) is 5.91 Å². The Morgan fingerprint density at radius 1 is 1.00 bits per heavy atom. The van der Waals surface area contributed by atoms with Crippen molar-refractivity contribution in [2.24, 2.45) is 5.92 Å². The van der Waals surface area contributed by atoms with E-state index in [1.54, 1.807) is 13.8 Å². The highest BCUT2D eigenvalue weighted by Crippen LogP contribution is 2.22. The molecule has 3 heterocycles. The summed E-state index contributed by atoms with van der Waals surface area (Å²) in [6, 6.07) is 7.53. The summed E-state index contributed by atoms with van der Waals surface area (Å²) in [6.07, 6.45) is 7.30. The van der Waals surface area contributed by atoms with Crippen LogP contribution in [0.5, 0.6) is 0 Å². The fourth-order valence-electron chi connectivity index (χ4n) is 5.06. The maximum Gasteiger partial charge on any atom is 0.325 e. The molecule has 4 atom stereocenters. The molecular formula is C31H41N5O5. The molecule has 220 valence electrons. The minimum atomic E-state index is -0.856. The number of pyridine rings is 1. The van der Waals surface area contributed by atoms with Crippen LogP contribution in [0.2, 0.25) is 0 Å². The first-order valence-corrected chi connectivity index (χ1v) is 14.6. The number of nitrogens with zero attached hydrogens (tertiary/aromatic N) is 2. The Hall–Kier alpha value is -3.79. The highest BCUT2D eigenvalue weighted by molar-refractivity contribution is 5.92. The molecule has 0 radical (unpaired) electrons. The van der Waals surface area contributed by atoms with Gasteiger partial charge in [0, 0.05) is 18.4 Å². The monoisotopic (exact) mass is 563 g/mol. The van der Waals surface area contributed by atoms with Gasteiger partial charge in [-0.2, -0.15) is 0 Å². The minimum absolute atomic E-state index is 0.164. The molecule has 1 saturated heterocycles. The number of hydrogen-bond acceptors (Lipinski definition) is 7. The van der Waals surface area contributed by atoms with Gasteiger partial charge >= 0.3 is 5.97 Å². The van der Waals surface area contributed by atoms with Crippen molar-refractivity contribution in [1.29, 1.82) is 0 Å². The Balaban J connectivity index is 1.56. The average molecular weight is 564 g/mol. The zero-order valence-corrected chi connectivity index (χ0v) is 24.3. The van der Waals surface area contributed by atoms with Crippen molar-refractivity contribution in [3.8, 4) is 0 Å². The largest absolute Gasteiger partial charge is 0.455 e. The van der Waals surface area contributed by atoms with Gasteiger partial charge in [-0.1, -0.05) is 44.2 Å². The molecule has 0 saturated carbocycles. The molecule has 1 aromatic heterocycles. The van der Waals surface area contributed by atoms with E-state index < -0.39 is 36.1 Å². The number of carbonyl (C=O) groups is 4. The summed E-state index contributed by atoms with van der Waals surface area (Å²) in [5, 5.41) is 7.94. The van der Waals surface area contributed by atoms with Crippen molar-refractivity contribution in [3.63, 3.8) is 0 Å². The third kappa shape index (κ3) is 7.91. The lowest BCUT2D eigenvalue weighted by atomic mass is 10.0. The lowest BCUT2D eigenvalue weighted by Gasteiger charge is -2.35. The number of allylic oxidation sites excluding steroid dienone is 1. The van der Waals surface area contributed by atoms with Crippen LogP contribution in [0.3, 0.4) is 0 Å². The molecule has 3 amide bonds. The van der Waals surface area contributed by atoms with Gasteiger partial charge in [0.05, 0.1) is 11.2 Å². The first-order chi connectivity index (χ1) is 19.6. The average Bonchev–Trinajstić information content (AvgIpc) is 2.96. The van der Waals surface area contributed by atoms with Gasteiger partial charge in [-0.15, -0.1) is 0 Å². The van der Waals surface area contributed by atoms with Crippen LogP contribution in [0.15, 0.2) is 36.4 Å². The molecule has 3 N–H and O–H groups in total. The number of ether oxygens (including phenoxy) is 1. The van der Waals surface area contributed by atoms with Crippen molar-refractivity contribution in [2.45, 2.75) is 90.4 Å². The number of hydrazine groups is 1. The molecule has 1 fully saturated rings. The summed E-state index contributed by atoms with van der Waals surface area (Å²) < 4.78 is 5.76. The highest BCUT2D eigenvalue weighted by atomic mass is 16.5. The quantitative estimate of drug-likeness (QED) is 0.453. The molecule has 10 nitrogen and oxygen atoms in total. The standard InChI is InChI=1S/C31H41N5O5/c1-19(2)28-29(38)32-20(3)30(39)36-17-9-11-25(35-36)31(40)41-21(4)24-16-15-23-14-13-22(18-26(23)33-24)10-7-5-6-8-12-27(37)34-28/h7,10,13-16,18-21,25,28,35H,5-6,8-9,11-12,17H2,1-4H3,(H,32,38)(H,34,37)/b10-7+/t20-,21+,25-,28-/m0/s1. The summed E-state index contributed by atoms with van der Waals surface area (Å²) >= 11 is 0. The summed E-state index contributed by atoms with van der Waals surface area (Å²) in [4.78, 5) is 56.7. The van der Waals surface area contributed by atoms with Crippen molar-refractivity contribution in [1.82, 2.24) is 26.1 Å². The summed E-state index contributed by atoms with van der Waals surface area (Å²) in [5.74, 6) is -1.61. The van der Waals surface area contributed by atoms with Crippen LogP contribution in [0.25, 0.3) is 17.0 Å². The number of amides is 3. The van der Waals surface area contributed by atoms with Gasteiger partial charge in [-0.25, -0.2) is 10.4 Å². The van der Waals surface area contributed by atoms with E-state index in [1.807, 2.05) is 50.3 Å². The fraction of sp³-hybridized carbons (Fsp3) is 0.516. The second-order valence-electron chi connectivity index (χ2n) is 11.2. The molecule has 2 aliphatic heterocycles. The van der Waals surface area contributed by atoms with E-state index in [2.05, 4.69) is 22.1 Å². The van der Waals surface area contributed by atoms with Crippen LogP contribution in [0.1, 0.15) is 83.6 Å². The van der Waals surface area contributed by atoms with E-state index in [0.717, 1.165) is 29.3 Å². The zero-order valence-electron chi connectivity index (χ0n) is 24.3. The van der Waals surface area contributed by atoms with E-state index in [0.29, 0.717) is 37.9 Å². The van der Waals surface area contributed by atoms with Crippen molar-refractivity contribution in [3.05, 3.63) is 47.7 Å². The first-order valence-electron chi connectivity index (χ1n) is 14.6. The Morgan fingerprint density at radius 2 is 1.78 bits per heavy atom. The molecule has 41 heavy (non-hydrogen) atoms. The Bertz CT molecular complexity index is 1310. The van der Waals surface area contributed by atoms with Crippen LogP contribution in [-0.4, -0.2) is 58.4 Å². The number of nitrogens with one attached hydrogen (secondary N) is 3. The minimum Gasteiger partial charge on any atom is -0.455 e. The predicted molar refractivity (Wildman–Crippen MR) is 156 cm³/mol. The predicted octanol–water partition coefficient (Wildman–Crippen LogP) is 3.57. The number of cyclic esters (lactones) is 1. The molecule has 1 aromatic carbocycles. The second kappa shape index (κ2) is 13.7. The molecular weight excluding hydrogens is 522 g/mol. The topological polar surface area (TPSA) is 130 Å². The van der Waals surface area contributed by atoms with Gasteiger partial charge in [-0.3, -0.25) is 24.2 Å². The van der Waals surface area contributed by atoms with Gasteiger partial charge in [-0.05, 0) is 69.6 Å². The number of hydrogen-bond donors (Lipinski definition) is 3. The maximum absolute atomic E-state index is 13.2. The number of rotatable bonds is 1. The number of aromatic nitrogens is 1. The summed E-state index contributed by atoms with van der Waals surface area (Å²) in [5.41, 5.74) is 5.44. The molecule has 2 aromatic rings. The van der Waals surface area contributed by atoms with E-state index in [1.165, 1.54) is 5.01 Å². The third-order valence-corrected chi connectivity index (χ3v) is 7.51. The van der Waals surface area contributed by atoms with Crippen molar-refractivity contribution >= 4 is 40.7 Å². The summed E-state index contributed by atoms with van der Waals surface area (Å²) in [6.45, 7) is 7.48. The van der Waals surface area contributed by atoms with Gasteiger partial charge in [0.1, 0.15) is 24.2 Å². The van der Waals surface area contributed by atoms with E-state index >= 15 is 0 Å². The van der Waals surface area contributed by atoms with E-state index in [-0.39, 0.29) is 17.7 Å². The normalized spacial score (nSPS) is 26.4. The Morgan fingerprint density at radius 3 is 2.56 bits per heavy atom. The number of benzene rings is 1. The van der Waals surface area contributed by atoms with E-state index in [4.69, 9.17) is 9.72 Å². The third-order valence-electron chi connectivity index (χ3n) is 7.51. The van der Waals surface area contributed by atoms with Crippen LogP contribution in [0.4, 0.5) is 0 Å². The first kappa shape index (κ1) is 30.2. The fourth-order valence-corrected chi connectivity index (χ4v) is 5.06. The van der Waals surface area contributed by atoms with Crippen LogP contribution < -0.4 is 16.1 Å². The molecule has 4 rings (SSSR count). The molecule has 0 spiro atoms. The van der Waals surface area contributed by atoms with Crippen LogP contribution in [0, 0.1) is 5.92 Å². The molecule has 10 heteroatoms. The highest BCUT2D eigenvalue weighted by Gasteiger charge is 2.33. The van der Waals surface area contributed by atoms with Gasteiger partial charge in [0.2, 0.25) is 11.8 Å². The smallest absolute Gasteiger partial charge is 0.325 e. The summed E-state index contributed by atoms with van der Waals surface area (Å²) in [7, 11) is 0. The van der Waals surface area contributed by atoms with Crippen molar-refractivity contribution < 1.29 is 23.9 Å². The Kier molecular flexibility index (Phi) is 10.1. The van der Waals surface area contributed by atoms with Gasteiger partial charge in [0.15, 0.2) is 0 Å². The lowest BCUT2D eigenvalue weighted by molar-refractivity contribution is -0.157.